The minimum atomic E-state index is -0.280. The molecule has 1 aliphatic heterocycles. The lowest BCUT2D eigenvalue weighted by Crippen LogP contribution is -2.42. The van der Waals surface area contributed by atoms with Gasteiger partial charge in [-0.25, -0.2) is 0 Å². The molecule has 1 aromatic carbocycles. The average Bonchev–Trinajstić information content (AvgIpc) is 3.33. The van der Waals surface area contributed by atoms with Gasteiger partial charge in [-0.2, -0.15) is 0 Å². The first-order chi connectivity index (χ1) is 10.3. The maximum absolute atomic E-state index is 12.5. The minimum absolute atomic E-state index is 0.0829. The zero-order chi connectivity index (χ0) is 14.5. The third-order valence-electron chi connectivity index (χ3n) is 4.14. The maximum atomic E-state index is 12.5. The number of rotatable bonds is 6. The van der Waals surface area contributed by atoms with E-state index in [9.17, 15) is 4.79 Å². The first kappa shape index (κ1) is 14.5. The molecule has 4 nitrogen and oxygen atoms in total. The van der Waals surface area contributed by atoms with Crippen molar-refractivity contribution in [1.29, 1.82) is 0 Å². The van der Waals surface area contributed by atoms with E-state index in [1.165, 1.54) is 6.42 Å². The topological polar surface area (TPSA) is 50.4 Å². The van der Waals surface area contributed by atoms with E-state index in [1.54, 1.807) is 0 Å². The van der Waals surface area contributed by atoms with Crippen molar-refractivity contribution in [2.45, 2.75) is 50.3 Å². The van der Waals surface area contributed by atoms with Gasteiger partial charge >= 0.3 is 0 Å². The van der Waals surface area contributed by atoms with E-state index in [0.717, 1.165) is 44.4 Å². The van der Waals surface area contributed by atoms with Gasteiger partial charge in [-0.15, -0.1) is 0 Å². The molecule has 114 valence electrons. The van der Waals surface area contributed by atoms with Gasteiger partial charge in [0.1, 0.15) is 6.04 Å². The highest BCUT2D eigenvalue weighted by Gasteiger charge is 2.28. The van der Waals surface area contributed by atoms with E-state index in [4.69, 9.17) is 4.74 Å². The number of hydrogen-bond donors (Lipinski definition) is 2. The van der Waals surface area contributed by atoms with E-state index in [1.807, 2.05) is 30.3 Å². The van der Waals surface area contributed by atoms with E-state index in [2.05, 4.69) is 10.6 Å². The van der Waals surface area contributed by atoms with E-state index in [0.29, 0.717) is 6.04 Å². The van der Waals surface area contributed by atoms with Gasteiger partial charge < -0.3 is 10.1 Å². The molecule has 2 aliphatic rings. The standard InChI is InChI=1S/C17H24N2O2/c20-17(19-14-9-10-14)16(13-6-2-1-3-7-13)18-12-15-8-4-5-11-21-15/h1-3,6-7,14-16,18H,4-5,8-12H2,(H,19,20)/t15-,16-/m0/s1. The highest BCUT2D eigenvalue weighted by Crippen LogP contribution is 2.21. The van der Waals surface area contributed by atoms with Crippen LogP contribution >= 0.6 is 0 Å². The highest BCUT2D eigenvalue weighted by molar-refractivity contribution is 5.83. The van der Waals surface area contributed by atoms with Gasteiger partial charge in [0.2, 0.25) is 5.91 Å². The molecule has 1 heterocycles. The fourth-order valence-corrected chi connectivity index (χ4v) is 2.74. The molecule has 3 rings (SSSR count). The number of carbonyl (C=O) groups is 1. The van der Waals surface area contributed by atoms with Gasteiger partial charge in [0, 0.05) is 19.2 Å². The van der Waals surface area contributed by atoms with Gasteiger partial charge in [0.15, 0.2) is 0 Å². The Balaban J connectivity index is 1.61. The summed E-state index contributed by atoms with van der Waals surface area (Å²) in [5, 5.41) is 6.50. The Kier molecular flexibility index (Phi) is 4.88. The summed E-state index contributed by atoms with van der Waals surface area (Å²) in [6, 6.07) is 10.0. The van der Waals surface area contributed by atoms with Crippen LogP contribution in [0, 0.1) is 0 Å². The number of amides is 1. The SMILES string of the molecule is O=C(NC1CC1)[C@@H](NC[C@@H]1CCCCO1)c1ccccc1. The van der Waals surface area contributed by atoms with Crippen molar-refractivity contribution < 1.29 is 9.53 Å². The Morgan fingerprint density at radius 3 is 2.67 bits per heavy atom. The van der Waals surface area contributed by atoms with Gasteiger partial charge in [0.05, 0.1) is 6.10 Å². The van der Waals surface area contributed by atoms with Crippen LogP contribution in [0.2, 0.25) is 0 Å². The summed E-state index contributed by atoms with van der Waals surface area (Å²) in [4.78, 5) is 12.5. The maximum Gasteiger partial charge on any atom is 0.241 e. The number of hydrogen-bond acceptors (Lipinski definition) is 3. The normalized spacial score (nSPS) is 23.5. The van der Waals surface area contributed by atoms with Crippen LogP contribution < -0.4 is 10.6 Å². The van der Waals surface area contributed by atoms with Crippen LogP contribution in [-0.2, 0) is 9.53 Å². The zero-order valence-electron chi connectivity index (χ0n) is 12.4. The molecule has 1 aliphatic carbocycles. The summed E-state index contributed by atoms with van der Waals surface area (Å²) in [5.41, 5.74) is 1.02. The molecule has 1 amide bonds. The van der Waals surface area contributed by atoms with Crippen molar-refractivity contribution in [3.8, 4) is 0 Å². The van der Waals surface area contributed by atoms with Crippen LogP contribution in [0.15, 0.2) is 30.3 Å². The van der Waals surface area contributed by atoms with Crippen molar-refractivity contribution in [3.05, 3.63) is 35.9 Å². The number of ether oxygens (including phenoxy) is 1. The van der Waals surface area contributed by atoms with Gasteiger partial charge in [-0.05, 0) is 37.7 Å². The quantitative estimate of drug-likeness (QED) is 0.843. The molecular formula is C17H24N2O2. The second kappa shape index (κ2) is 7.05. The zero-order valence-corrected chi connectivity index (χ0v) is 12.4. The number of nitrogens with one attached hydrogen (secondary N) is 2. The largest absolute Gasteiger partial charge is 0.377 e. The summed E-state index contributed by atoms with van der Waals surface area (Å²) in [6.07, 6.45) is 5.91. The molecular weight excluding hydrogens is 264 g/mol. The Morgan fingerprint density at radius 2 is 2.00 bits per heavy atom. The van der Waals surface area contributed by atoms with Crippen LogP contribution in [0.25, 0.3) is 0 Å². The van der Waals surface area contributed by atoms with E-state index >= 15 is 0 Å². The second-order valence-corrected chi connectivity index (χ2v) is 6.02. The molecule has 2 atom stereocenters. The molecule has 0 unspecified atom stereocenters. The molecule has 2 fully saturated rings. The third-order valence-corrected chi connectivity index (χ3v) is 4.14. The smallest absolute Gasteiger partial charge is 0.241 e. The first-order valence-corrected chi connectivity index (χ1v) is 8.03. The van der Waals surface area contributed by atoms with E-state index in [-0.39, 0.29) is 18.1 Å². The summed E-state index contributed by atoms with van der Waals surface area (Å²) in [7, 11) is 0. The highest BCUT2D eigenvalue weighted by atomic mass is 16.5. The van der Waals surface area contributed by atoms with Crippen LogP contribution in [0.3, 0.4) is 0 Å². The van der Waals surface area contributed by atoms with Crippen molar-refractivity contribution in [2.75, 3.05) is 13.2 Å². The lowest BCUT2D eigenvalue weighted by Gasteiger charge is -2.26. The number of carbonyl (C=O) groups excluding carboxylic acids is 1. The van der Waals surface area contributed by atoms with Crippen molar-refractivity contribution in [2.24, 2.45) is 0 Å². The Bertz CT molecular complexity index is 453. The average molecular weight is 288 g/mol. The monoisotopic (exact) mass is 288 g/mol. The Labute approximate surface area is 126 Å². The third kappa shape index (κ3) is 4.29. The molecule has 1 saturated heterocycles. The fraction of sp³-hybridized carbons (Fsp3) is 0.588. The predicted molar refractivity (Wildman–Crippen MR) is 81.9 cm³/mol. The summed E-state index contributed by atoms with van der Waals surface area (Å²) >= 11 is 0. The molecule has 1 saturated carbocycles. The molecule has 0 bridgehead atoms. The van der Waals surface area contributed by atoms with Crippen LogP contribution in [0.1, 0.15) is 43.7 Å². The van der Waals surface area contributed by atoms with Crippen molar-refractivity contribution >= 4 is 5.91 Å². The molecule has 0 radical (unpaired) electrons. The van der Waals surface area contributed by atoms with Crippen LogP contribution in [0.4, 0.5) is 0 Å². The summed E-state index contributed by atoms with van der Waals surface area (Å²) in [6.45, 7) is 1.58. The summed E-state index contributed by atoms with van der Waals surface area (Å²) < 4.78 is 5.74. The molecule has 21 heavy (non-hydrogen) atoms. The van der Waals surface area contributed by atoms with Gasteiger partial charge in [-0.3, -0.25) is 10.1 Å². The summed E-state index contributed by atoms with van der Waals surface area (Å²) in [5.74, 6) is 0.0829. The first-order valence-electron chi connectivity index (χ1n) is 8.03. The lowest BCUT2D eigenvalue weighted by molar-refractivity contribution is -0.123. The predicted octanol–water partition coefficient (Wildman–Crippen LogP) is 2.16. The van der Waals surface area contributed by atoms with Crippen molar-refractivity contribution in [3.63, 3.8) is 0 Å². The van der Waals surface area contributed by atoms with Gasteiger partial charge in [0.25, 0.3) is 0 Å². The molecule has 0 spiro atoms. The number of benzene rings is 1. The lowest BCUT2D eigenvalue weighted by atomic mass is 10.0. The molecule has 4 heteroatoms. The molecule has 2 N–H and O–H groups in total. The molecule has 0 aromatic heterocycles. The van der Waals surface area contributed by atoms with Crippen molar-refractivity contribution in [1.82, 2.24) is 10.6 Å². The Morgan fingerprint density at radius 1 is 1.19 bits per heavy atom. The van der Waals surface area contributed by atoms with Crippen LogP contribution in [0.5, 0.6) is 0 Å². The minimum Gasteiger partial charge on any atom is -0.377 e. The molecule has 1 aromatic rings. The van der Waals surface area contributed by atoms with E-state index < -0.39 is 0 Å². The fourth-order valence-electron chi connectivity index (χ4n) is 2.74. The second-order valence-electron chi connectivity index (χ2n) is 6.02. The van der Waals surface area contributed by atoms with Gasteiger partial charge in [-0.1, -0.05) is 30.3 Å². The van der Waals surface area contributed by atoms with Crippen LogP contribution in [-0.4, -0.2) is 31.2 Å². The Hall–Kier alpha value is -1.39.